The number of nitrogens with zero attached hydrogens (tertiary/aromatic N) is 3. The molecule has 5 heteroatoms. The Morgan fingerprint density at radius 1 is 1.22 bits per heavy atom. The van der Waals surface area contributed by atoms with Gasteiger partial charge in [0.15, 0.2) is 0 Å². The zero-order valence-electron chi connectivity index (χ0n) is 14.1. The molecule has 1 amide bonds. The fourth-order valence-electron chi connectivity index (χ4n) is 2.62. The Kier molecular flexibility index (Phi) is 3.88. The van der Waals surface area contributed by atoms with E-state index in [0.717, 1.165) is 24.3 Å². The molecule has 2 heterocycles. The zero-order chi connectivity index (χ0) is 16.6. The number of aryl methyl sites for hydroxylation is 1. The lowest BCUT2D eigenvalue weighted by Gasteiger charge is -2.40. The van der Waals surface area contributed by atoms with Crippen LogP contribution < -0.4 is 0 Å². The van der Waals surface area contributed by atoms with Crippen LogP contribution in [0.1, 0.15) is 37.8 Å². The lowest BCUT2D eigenvalue weighted by Crippen LogP contribution is -2.50. The fraction of sp³-hybridized carbons (Fsp3) is 0.444. The average Bonchev–Trinajstić information content (AvgIpc) is 2.82. The first-order valence-electron chi connectivity index (χ1n) is 7.91. The zero-order valence-corrected chi connectivity index (χ0v) is 14.1. The number of carbonyl (C=O) groups excluding carboxylic acids is 1. The van der Waals surface area contributed by atoms with E-state index < -0.39 is 5.60 Å². The predicted molar refractivity (Wildman–Crippen MR) is 88.8 cm³/mol. The minimum Gasteiger partial charge on any atom is -0.444 e. The second-order valence-corrected chi connectivity index (χ2v) is 7.14. The van der Waals surface area contributed by atoms with E-state index in [-0.39, 0.29) is 6.09 Å². The maximum Gasteiger partial charge on any atom is 0.410 e. The summed E-state index contributed by atoms with van der Waals surface area (Å²) in [7, 11) is 0. The van der Waals surface area contributed by atoms with Crippen LogP contribution in [0, 0.1) is 6.92 Å². The molecule has 1 aromatic heterocycles. The van der Waals surface area contributed by atoms with Gasteiger partial charge in [-0.3, -0.25) is 0 Å². The highest BCUT2D eigenvalue weighted by Gasteiger charge is 2.34. The van der Waals surface area contributed by atoms with Crippen molar-refractivity contribution in [3.63, 3.8) is 0 Å². The summed E-state index contributed by atoms with van der Waals surface area (Å²) >= 11 is 0. The SMILES string of the molecule is Cc1cnn(-c2ccc(C3CN(C(=O)OC(C)(C)C)C3)cc2)c1. The van der Waals surface area contributed by atoms with Crippen LogP contribution in [-0.2, 0) is 4.74 Å². The Labute approximate surface area is 136 Å². The van der Waals surface area contributed by atoms with Crippen molar-refractivity contribution in [1.29, 1.82) is 0 Å². The molecule has 1 saturated heterocycles. The van der Waals surface area contributed by atoms with Crippen molar-refractivity contribution in [1.82, 2.24) is 14.7 Å². The number of hydrogen-bond acceptors (Lipinski definition) is 3. The number of ether oxygens (including phenoxy) is 1. The molecule has 5 nitrogen and oxygen atoms in total. The van der Waals surface area contributed by atoms with Crippen LogP contribution in [0.15, 0.2) is 36.7 Å². The normalized spacial score (nSPS) is 15.4. The van der Waals surface area contributed by atoms with Gasteiger partial charge in [-0.25, -0.2) is 9.48 Å². The van der Waals surface area contributed by atoms with Gasteiger partial charge in [0.25, 0.3) is 0 Å². The van der Waals surface area contributed by atoms with Crippen molar-refractivity contribution in [2.75, 3.05) is 13.1 Å². The van der Waals surface area contributed by atoms with E-state index in [1.54, 1.807) is 4.90 Å². The van der Waals surface area contributed by atoms with Crippen molar-refractivity contribution in [3.05, 3.63) is 47.8 Å². The van der Waals surface area contributed by atoms with Crippen molar-refractivity contribution in [3.8, 4) is 5.69 Å². The molecule has 0 aliphatic carbocycles. The summed E-state index contributed by atoms with van der Waals surface area (Å²) < 4.78 is 7.25. The van der Waals surface area contributed by atoms with E-state index in [1.165, 1.54) is 5.56 Å². The highest BCUT2D eigenvalue weighted by molar-refractivity contribution is 5.69. The van der Waals surface area contributed by atoms with Gasteiger partial charge >= 0.3 is 6.09 Å². The third kappa shape index (κ3) is 3.55. The van der Waals surface area contributed by atoms with Crippen LogP contribution >= 0.6 is 0 Å². The molecular weight excluding hydrogens is 290 g/mol. The van der Waals surface area contributed by atoms with Gasteiger partial charge in [0.2, 0.25) is 0 Å². The summed E-state index contributed by atoms with van der Waals surface area (Å²) in [6.07, 6.45) is 3.62. The topological polar surface area (TPSA) is 47.4 Å². The number of aromatic nitrogens is 2. The summed E-state index contributed by atoms with van der Waals surface area (Å²) in [5, 5.41) is 4.31. The van der Waals surface area contributed by atoms with Gasteiger partial charge in [0.05, 0.1) is 11.9 Å². The Morgan fingerprint density at radius 3 is 2.39 bits per heavy atom. The summed E-state index contributed by atoms with van der Waals surface area (Å²) in [5.41, 5.74) is 3.00. The van der Waals surface area contributed by atoms with Crippen LogP contribution in [0.3, 0.4) is 0 Å². The van der Waals surface area contributed by atoms with E-state index in [1.807, 2.05) is 44.8 Å². The summed E-state index contributed by atoms with van der Waals surface area (Å²) in [5.74, 6) is 0.385. The van der Waals surface area contributed by atoms with E-state index in [4.69, 9.17) is 4.74 Å². The maximum atomic E-state index is 12.0. The van der Waals surface area contributed by atoms with Gasteiger partial charge in [-0.1, -0.05) is 12.1 Å². The molecular formula is C18H23N3O2. The van der Waals surface area contributed by atoms with Crippen LogP contribution in [0.2, 0.25) is 0 Å². The summed E-state index contributed by atoms with van der Waals surface area (Å²) in [4.78, 5) is 13.7. The van der Waals surface area contributed by atoms with E-state index in [0.29, 0.717) is 5.92 Å². The summed E-state index contributed by atoms with van der Waals surface area (Å²) in [6, 6.07) is 8.36. The minimum atomic E-state index is -0.439. The molecule has 1 aliphatic heterocycles. The second-order valence-electron chi connectivity index (χ2n) is 7.14. The first kappa shape index (κ1) is 15.6. The monoisotopic (exact) mass is 313 g/mol. The molecule has 0 spiro atoms. The maximum absolute atomic E-state index is 12.0. The molecule has 3 rings (SSSR count). The lowest BCUT2D eigenvalue weighted by molar-refractivity contribution is 0.00819. The number of rotatable bonds is 2. The minimum absolute atomic E-state index is 0.225. The molecule has 0 radical (unpaired) electrons. The standard InChI is InChI=1S/C18H23N3O2/c1-13-9-19-21(10-13)16-7-5-14(6-8-16)15-11-20(12-15)17(22)23-18(2,3)4/h5-10,15H,11-12H2,1-4H3. The smallest absolute Gasteiger partial charge is 0.410 e. The van der Waals surface area contributed by atoms with E-state index >= 15 is 0 Å². The lowest BCUT2D eigenvalue weighted by atomic mass is 9.92. The second kappa shape index (κ2) is 5.72. The Balaban J connectivity index is 1.59. The van der Waals surface area contributed by atoms with Gasteiger partial charge in [-0.05, 0) is 51.0 Å². The molecule has 1 aromatic carbocycles. The van der Waals surface area contributed by atoms with Crippen LogP contribution in [0.4, 0.5) is 4.79 Å². The molecule has 0 saturated carbocycles. The number of carbonyl (C=O) groups is 1. The third-order valence-electron chi connectivity index (χ3n) is 3.87. The Bertz CT molecular complexity index is 692. The average molecular weight is 313 g/mol. The molecule has 0 atom stereocenters. The molecule has 2 aromatic rings. The molecule has 0 unspecified atom stereocenters. The van der Waals surface area contributed by atoms with E-state index in [2.05, 4.69) is 29.4 Å². The van der Waals surface area contributed by atoms with Crippen LogP contribution in [0.25, 0.3) is 5.69 Å². The van der Waals surface area contributed by atoms with Crippen LogP contribution in [-0.4, -0.2) is 39.5 Å². The van der Waals surface area contributed by atoms with Crippen molar-refractivity contribution in [2.45, 2.75) is 39.2 Å². The number of likely N-dealkylation sites (tertiary alicyclic amines) is 1. The van der Waals surface area contributed by atoms with Gasteiger partial charge in [-0.2, -0.15) is 5.10 Å². The number of benzene rings is 1. The quantitative estimate of drug-likeness (QED) is 0.852. The third-order valence-corrected chi connectivity index (χ3v) is 3.87. The first-order chi connectivity index (χ1) is 10.8. The van der Waals surface area contributed by atoms with Crippen molar-refractivity contribution < 1.29 is 9.53 Å². The highest BCUT2D eigenvalue weighted by Crippen LogP contribution is 2.29. The molecule has 23 heavy (non-hydrogen) atoms. The van der Waals surface area contributed by atoms with Gasteiger partial charge in [0.1, 0.15) is 5.60 Å². The van der Waals surface area contributed by atoms with Gasteiger partial charge < -0.3 is 9.64 Å². The van der Waals surface area contributed by atoms with E-state index in [9.17, 15) is 4.79 Å². The summed E-state index contributed by atoms with van der Waals surface area (Å²) in [6.45, 7) is 9.12. The van der Waals surface area contributed by atoms with Crippen molar-refractivity contribution in [2.24, 2.45) is 0 Å². The number of amides is 1. The van der Waals surface area contributed by atoms with Crippen LogP contribution in [0.5, 0.6) is 0 Å². The number of hydrogen-bond donors (Lipinski definition) is 0. The highest BCUT2D eigenvalue weighted by atomic mass is 16.6. The molecule has 0 N–H and O–H groups in total. The Morgan fingerprint density at radius 2 is 1.87 bits per heavy atom. The molecule has 1 fully saturated rings. The fourth-order valence-corrected chi connectivity index (χ4v) is 2.62. The Hall–Kier alpha value is -2.30. The van der Waals surface area contributed by atoms with Gasteiger partial charge in [-0.15, -0.1) is 0 Å². The predicted octanol–water partition coefficient (Wildman–Crippen LogP) is 3.52. The largest absolute Gasteiger partial charge is 0.444 e. The molecule has 0 bridgehead atoms. The first-order valence-corrected chi connectivity index (χ1v) is 7.91. The molecule has 122 valence electrons. The van der Waals surface area contributed by atoms with Crippen molar-refractivity contribution >= 4 is 6.09 Å². The molecule has 1 aliphatic rings. The van der Waals surface area contributed by atoms with Gasteiger partial charge in [0, 0.05) is 25.2 Å².